The second-order valence-corrected chi connectivity index (χ2v) is 8.77. The highest BCUT2D eigenvalue weighted by Gasteiger charge is 2.54. The number of hydrogen-bond donors (Lipinski definition) is 0. The molecule has 2 aliphatic rings. The molecular formula is C21H31N3O3. The molecule has 1 spiro atoms. The number of likely N-dealkylation sites (tertiary alicyclic amines) is 1. The molecule has 0 N–H and O–H groups in total. The van der Waals surface area contributed by atoms with Crippen molar-refractivity contribution in [1.29, 1.82) is 0 Å². The van der Waals surface area contributed by atoms with Gasteiger partial charge in [-0.3, -0.25) is 4.79 Å². The smallest absolute Gasteiger partial charge is 0.410 e. The van der Waals surface area contributed by atoms with E-state index in [0.717, 1.165) is 5.69 Å². The quantitative estimate of drug-likeness (QED) is 0.797. The third-order valence-electron chi connectivity index (χ3n) is 5.40. The third kappa shape index (κ3) is 3.75. The second-order valence-electron chi connectivity index (χ2n) is 8.77. The number of piperidine rings is 1. The van der Waals surface area contributed by atoms with E-state index in [1.807, 2.05) is 43.9 Å². The Bertz CT molecular complexity index is 688. The van der Waals surface area contributed by atoms with Gasteiger partial charge in [0, 0.05) is 24.8 Å². The SMILES string of the molecule is CC(C)N1CN(c2ccccc2)C2(CCN(C(=O)OC(C)(C)C)CC2)C1=O. The van der Waals surface area contributed by atoms with E-state index in [1.165, 1.54) is 0 Å². The molecule has 0 aliphatic carbocycles. The standard InChI is InChI=1S/C21H31N3O3/c1-16(2)23-15-24(17-9-7-6-8-10-17)21(18(23)25)11-13-22(14-12-21)19(26)27-20(3,4)5/h6-10,16H,11-15H2,1-5H3. The van der Waals surface area contributed by atoms with Crippen molar-refractivity contribution < 1.29 is 14.3 Å². The van der Waals surface area contributed by atoms with Crippen molar-refractivity contribution in [3.8, 4) is 0 Å². The van der Waals surface area contributed by atoms with Gasteiger partial charge in [-0.15, -0.1) is 0 Å². The molecule has 6 heteroatoms. The largest absolute Gasteiger partial charge is 0.444 e. The van der Waals surface area contributed by atoms with Crippen LogP contribution < -0.4 is 4.90 Å². The van der Waals surface area contributed by atoms with Crippen molar-refractivity contribution in [3.63, 3.8) is 0 Å². The molecule has 148 valence electrons. The predicted molar refractivity (Wildman–Crippen MR) is 106 cm³/mol. The molecule has 3 rings (SSSR count). The first kappa shape index (κ1) is 19.5. The highest BCUT2D eigenvalue weighted by atomic mass is 16.6. The van der Waals surface area contributed by atoms with Gasteiger partial charge in [0.15, 0.2) is 0 Å². The molecule has 2 fully saturated rings. The summed E-state index contributed by atoms with van der Waals surface area (Å²) in [7, 11) is 0. The second kappa shape index (κ2) is 7.06. The van der Waals surface area contributed by atoms with Crippen LogP contribution in [0.25, 0.3) is 0 Å². The summed E-state index contributed by atoms with van der Waals surface area (Å²) in [5, 5.41) is 0. The minimum absolute atomic E-state index is 0.145. The van der Waals surface area contributed by atoms with Crippen molar-refractivity contribution >= 4 is 17.7 Å². The summed E-state index contributed by atoms with van der Waals surface area (Å²) in [6.07, 6.45) is 0.932. The number of anilines is 1. The summed E-state index contributed by atoms with van der Waals surface area (Å²) in [5.74, 6) is 0.171. The number of ether oxygens (including phenoxy) is 1. The van der Waals surface area contributed by atoms with E-state index in [-0.39, 0.29) is 18.0 Å². The zero-order valence-electron chi connectivity index (χ0n) is 17.1. The fourth-order valence-electron chi connectivity index (χ4n) is 3.94. The maximum atomic E-state index is 13.4. The summed E-state index contributed by atoms with van der Waals surface area (Å²) in [6.45, 7) is 11.3. The molecule has 2 saturated heterocycles. The topological polar surface area (TPSA) is 53.1 Å². The van der Waals surface area contributed by atoms with Crippen LogP contribution in [-0.2, 0) is 9.53 Å². The van der Waals surface area contributed by atoms with Gasteiger partial charge in [0.05, 0.1) is 6.67 Å². The van der Waals surface area contributed by atoms with Crippen molar-refractivity contribution in [3.05, 3.63) is 30.3 Å². The van der Waals surface area contributed by atoms with Crippen molar-refractivity contribution in [2.24, 2.45) is 0 Å². The Balaban J connectivity index is 1.82. The van der Waals surface area contributed by atoms with Gasteiger partial charge < -0.3 is 19.4 Å². The monoisotopic (exact) mass is 373 g/mol. The van der Waals surface area contributed by atoms with Gasteiger partial charge in [-0.25, -0.2) is 4.79 Å². The molecular weight excluding hydrogens is 342 g/mol. The Morgan fingerprint density at radius 3 is 2.22 bits per heavy atom. The minimum Gasteiger partial charge on any atom is -0.444 e. The number of nitrogens with zero attached hydrogens (tertiary/aromatic N) is 3. The average molecular weight is 373 g/mol. The number of carbonyl (C=O) groups excluding carboxylic acids is 2. The Morgan fingerprint density at radius 1 is 1.11 bits per heavy atom. The Kier molecular flexibility index (Phi) is 5.10. The van der Waals surface area contributed by atoms with Crippen LogP contribution in [0.1, 0.15) is 47.5 Å². The number of rotatable bonds is 2. The molecule has 0 atom stereocenters. The minimum atomic E-state index is -0.579. The Labute approximate surface area is 162 Å². The fourth-order valence-corrected chi connectivity index (χ4v) is 3.94. The van der Waals surface area contributed by atoms with Crippen LogP contribution in [0.5, 0.6) is 0 Å². The first-order valence-electron chi connectivity index (χ1n) is 9.76. The highest BCUT2D eigenvalue weighted by molar-refractivity contribution is 5.94. The van der Waals surface area contributed by atoms with E-state index in [2.05, 4.69) is 30.9 Å². The molecule has 2 amide bonds. The molecule has 0 radical (unpaired) electrons. The van der Waals surface area contributed by atoms with Gasteiger partial charge in [0.1, 0.15) is 11.1 Å². The molecule has 1 aromatic carbocycles. The van der Waals surface area contributed by atoms with Gasteiger partial charge in [-0.1, -0.05) is 18.2 Å². The van der Waals surface area contributed by atoms with E-state index in [9.17, 15) is 9.59 Å². The summed E-state index contributed by atoms with van der Waals surface area (Å²) >= 11 is 0. The Morgan fingerprint density at radius 2 is 1.70 bits per heavy atom. The van der Waals surface area contributed by atoms with E-state index in [4.69, 9.17) is 4.74 Å². The zero-order chi connectivity index (χ0) is 19.8. The fraction of sp³-hybridized carbons (Fsp3) is 0.619. The van der Waals surface area contributed by atoms with E-state index in [0.29, 0.717) is 32.6 Å². The van der Waals surface area contributed by atoms with Crippen LogP contribution in [0, 0.1) is 0 Å². The molecule has 27 heavy (non-hydrogen) atoms. The molecule has 0 bridgehead atoms. The summed E-state index contributed by atoms with van der Waals surface area (Å²) < 4.78 is 5.50. The lowest BCUT2D eigenvalue weighted by Gasteiger charge is -2.43. The first-order valence-corrected chi connectivity index (χ1v) is 9.76. The van der Waals surface area contributed by atoms with E-state index in [1.54, 1.807) is 4.90 Å². The first-order chi connectivity index (χ1) is 12.6. The van der Waals surface area contributed by atoms with Crippen molar-refractivity contribution in [2.75, 3.05) is 24.7 Å². The number of hydrogen-bond acceptors (Lipinski definition) is 4. The van der Waals surface area contributed by atoms with Gasteiger partial charge in [-0.2, -0.15) is 0 Å². The summed E-state index contributed by atoms with van der Waals surface area (Å²) in [6, 6.07) is 10.2. The molecule has 2 heterocycles. The molecule has 0 unspecified atom stereocenters. The van der Waals surface area contributed by atoms with Crippen LogP contribution in [0.3, 0.4) is 0 Å². The highest BCUT2D eigenvalue weighted by Crippen LogP contribution is 2.40. The lowest BCUT2D eigenvalue weighted by molar-refractivity contribution is -0.135. The number of para-hydroxylation sites is 1. The lowest BCUT2D eigenvalue weighted by atomic mass is 9.85. The number of carbonyl (C=O) groups is 2. The molecule has 0 aromatic heterocycles. The number of benzene rings is 1. The van der Waals surface area contributed by atoms with Gasteiger partial charge in [-0.05, 0) is 59.6 Å². The van der Waals surface area contributed by atoms with Crippen LogP contribution in [0.4, 0.5) is 10.5 Å². The van der Waals surface area contributed by atoms with Gasteiger partial charge in [0.2, 0.25) is 5.91 Å². The summed E-state index contributed by atoms with van der Waals surface area (Å²) in [4.78, 5) is 31.7. The average Bonchev–Trinajstić information content (AvgIpc) is 2.88. The maximum Gasteiger partial charge on any atom is 0.410 e. The van der Waals surface area contributed by atoms with Crippen molar-refractivity contribution in [2.45, 2.75) is 64.6 Å². The van der Waals surface area contributed by atoms with Gasteiger partial charge in [0.25, 0.3) is 0 Å². The molecule has 1 aromatic rings. The molecule has 2 aliphatic heterocycles. The van der Waals surface area contributed by atoms with Crippen molar-refractivity contribution in [1.82, 2.24) is 9.80 Å². The van der Waals surface area contributed by atoms with E-state index >= 15 is 0 Å². The predicted octanol–water partition coefficient (Wildman–Crippen LogP) is 3.47. The zero-order valence-corrected chi connectivity index (χ0v) is 17.1. The Hall–Kier alpha value is -2.24. The molecule has 0 saturated carbocycles. The lowest BCUT2D eigenvalue weighted by Crippen LogP contribution is -2.57. The van der Waals surface area contributed by atoms with Crippen LogP contribution in [0.15, 0.2) is 30.3 Å². The third-order valence-corrected chi connectivity index (χ3v) is 5.40. The normalized spacial score (nSPS) is 19.9. The van der Waals surface area contributed by atoms with E-state index < -0.39 is 11.1 Å². The number of amides is 2. The molecule has 6 nitrogen and oxygen atoms in total. The van der Waals surface area contributed by atoms with Crippen LogP contribution >= 0.6 is 0 Å². The summed E-state index contributed by atoms with van der Waals surface area (Å²) in [5.41, 5.74) is -0.0379. The van der Waals surface area contributed by atoms with Crippen LogP contribution in [-0.4, -0.2) is 58.7 Å². The maximum absolute atomic E-state index is 13.4. The van der Waals surface area contributed by atoms with Gasteiger partial charge >= 0.3 is 6.09 Å². The van der Waals surface area contributed by atoms with Crippen LogP contribution in [0.2, 0.25) is 0 Å².